The van der Waals surface area contributed by atoms with E-state index in [1.807, 2.05) is 29.9 Å². The highest BCUT2D eigenvalue weighted by Gasteiger charge is 2.11. The van der Waals surface area contributed by atoms with E-state index >= 15 is 0 Å². The van der Waals surface area contributed by atoms with Crippen LogP contribution in [0.4, 0.5) is 0 Å². The molecule has 0 radical (unpaired) electrons. The number of rotatable bonds is 4. The molecule has 0 aliphatic carbocycles. The van der Waals surface area contributed by atoms with Crippen molar-refractivity contribution in [1.82, 2.24) is 9.88 Å². The molecule has 4 nitrogen and oxygen atoms in total. The zero-order valence-electron chi connectivity index (χ0n) is 8.78. The molecule has 0 aliphatic rings. The van der Waals surface area contributed by atoms with Crippen LogP contribution in [0.1, 0.15) is 12.6 Å². The van der Waals surface area contributed by atoms with Crippen LogP contribution in [0.3, 0.4) is 0 Å². The van der Waals surface area contributed by atoms with Gasteiger partial charge in [0.1, 0.15) is 6.04 Å². The summed E-state index contributed by atoms with van der Waals surface area (Å²) in [4.78, 5) is 11.1. The summed E-state index contributed by atoms with van der Waals surface area (Å²) < 4.78 is 6.61. The van der Waals surface area contributed by atoms with Crippen LogP contribution in [0, 0.1) is 0 Å². The minimum absolute atomic E-state index is 0.237. The number of carbonyl (C=O) groups excluding carboxylic acids is 1. The highest BCUT2D eigenvalue weighted by atomic mass is 16.5. The molecule has 1 aromatic heterocycles. The second-order valence-corrected chi connectivity index (χ2v) is 3.24. The van der Waals surface area contributed by atoms with Crippen LogP contribution >= 0.6 is 0 Å². The van der Waals surface area contributed by atoms with E-state index in [1.54, 1.807) is 6.92 Å². The van der Waals surface area contributed by atoms with Crippen molar-refractivity contribution < 1.29 is 9.53 Å². The molecule has 1 atom stereocenters. The molecule has 0 bridgehead atoms. The first-order chi connectivity index (χ1) is 6.65. The monoisotopic (exact) mass is 196 g/mol. The van der Waals surface area contributed by atoms with E-state index < -0.39 is 0 Å². The fraction of sp³-hybridized carbons (Fsp3) is 0.500. The lowest BCUT2D eigenvalue weighted by Crippen LogP contribution is -2.34. The molecular weight excluding hydrogens is 180 g/mol. The van der Waals surface area contributed by atoms with Crippen molar-refractivity contribution in [2.24, 2.45) is 7.05 Å². The average molecular weight is 196 g/mol. The maximum atomic E-state index is 11.1. The van der Waals surface area contributed by atoms with Crippen LogP contribution in [-0.2, 0) is 23.1 Å². The van der Waals surface area contributed by atoms with Crippen molar-refractivity contribution >= 4 is 5.97 Å². The Morgan fingerprint density at radius 1 is 1.71 bits per heavy atom. The topological polar surface area (TPSA) is 43.3 Å². The Morgan fingerprint density at radius 2 is 2.43 bits per heavy atom. The molecule has 0 unspecified atom stereocenters. The maximum absolute atomic E-state index is 11.1. The summed E-state index contributed by atoms with van der Waals surface area (Å²) in [5.41, 5.74) is 1.14. The Labute approximate surface area is 83.9 Å². The van der Waals surface area contributed by atoms with E-state index in [1.165, 1.54) is 7.11 Å². The van der Waals surface area contributed by atoms with Crippen LogP contribution in [-0.4, -0.2) is 23.7 Å². The SMILES string of the molecule is COC(=O)[C@H](C)NCc1cccn1C. The molecule has 0 aromatic carbocycles. The van der Waals surface area contributed by atoms with Gasteiger partial charge in [0, 0.05) is 25.5 Å². The highest BCUT2D eigenvalue weighted by molar-refractivity contribution is 5.75. The fourth-order valence-electron chi connectivity index (χ4n) is 1.20. The Bertz CT molecular complexity index is 307. The number of carbonyl (C=O) groups is 1. The third-order valence-electron chi connectivity index (χ3n) is 2.20. The number of hydrogen-bond donors (Lipinski definition) is 1. The smallest absolute Gasteiger partial charge is 0.322 e. The summed E-state index contributed by atoms with van der Waals surface area (Å²) in [5, 5.41) is 3.08. The number of aromatic nitrogens is 1. The van der Waals surface area contributed by atoms with E-state index in [0.29, 0.717) is 6.54 Å². The van der Waals surface area contributed by atoms with Crippen molar-refractivity contribution in [2.75, 3.05) is 7.11 Å². The second-order valence-electron chi connectivity index (χ2n) is 3.24. The quantitative estimate of drug-likeness (QED) is 0.720. The van der Waals surface area contributed by atoms with Gasteiger partial charge in [-0.25, -0.2) is 0 Å². The van der Waals surface area contributed by atoms with Gasteiger partial charge in [0.25, 0.3) is 0 Å². The minimum Gasteiger partial charge on any atom is -0.468 e. The number of nitrogens with zero attached hydrogens (tertiary/aromatic N) is 1. The zero-order valence-corrected chi connectivity index (χ0v) is 8.78. The third kappa shape index (κ3) is 2.60. The van der Waals surface area contributed by atoms with Crippen LogP contribution in [0.2, 0.25) is 0 Å². The van der Waals surface area contributed by atoms with Crippen LogP contribution in [0.5, 0.6) is 0 Å². The fourth-order valence-corrected chi connectivity index (χ4v) is 1.20. The largest absolute Gasteiger partial charge is 0.468 e. The van der Waals surface area contributed by atoms with Gasteiger partial charge in [-0.1, -0.05) is 0 Å². The lowest BCUT2D eigenvalue weighted by molar-refractivity contribution is -0.142. The van der Waals surface area contributed by atoms with Crippen molar-refractivity contribution in [3.63, 3.8) is 0 Å². The normalized spacial score (nSPS) is 12.5. The van der Waals surface area contributed by atoms with E-state index in [2.05, 4.69) is 10.1 Å². The van der Waals surface area contributed by atoms with Gasteiger partial charge in [0.2, 0.25) is 0 Å². The average Bonchev–Trinajstić information content (AvgIpc) is 2.59. The van der Waals surface area contributed by atoms with Gasteiger partial charge in [-0.15, -0.1) is 0 Å². The molecule has 4 heteroatoms. The Kier molecular flexibility index (Phi) is 3.71. The van der Waals surface area contributed by atoms with E-state index in [0.717, 1.165) is 5.69 Å². The summed E-state index contributed by atoms with van der Waals surface area (Å²) in [7, 11) is 3.36. The number of esters is 1. The zero-order chi connectivity index (χ0) is 10.6. The van der Waals surface area contributed by atoms with Gasteiger partial charge < -0.3 is 9.30 Å². The molecule has 14 heavy (non-hydrogen) atoms. The van der Waals surface area contributed by atoms with Crippen LogP contribution in [0.15, 0.2) is 18.3 Å². The Balaban J connectivity index is 2.41. The first kappa shape index (κ1) is 10.8. The lowest BCUT2D eigenvalue weighted by Gasteiger charge is -2.11. The van der Waals surface area contributed by atoms with E-state index in [9.17, 15) is 4.79 Å². The van der Waals surface area contributed by atoms with Gasteiger partial charge in [-0.2, -0.15) is 0 Å². The van der Waals surface area contributed by atoms with Crippen LogP contribution < -0.4 is 5.32 Å². The van der Waals surface area contributed by atoms with E-state index in [-0.39, 0.29) is 12.0 Å². The molecule has 0 saturated heterocycles. The van der Waals surface area contributed by atoms with Crippen LogP contribution in [0.25, 0.3) is 0 Å². The molecule has 0 amide bonds. The molecule has 0 aliphatic heterocycles. The molecule has 0 saturated carbocycles. The molecule has 1 heterocycles. The summed E-state index contributed by atoms with van der Waals surface area (Å²) in [6, 6.07) is 3.71. The molecule has 1 rings (SSSR count). The maximum Gasteiger partial charge on any atom is 0.322 e. The van der Waals surface area contributed by atoms with Crippen molar-refractivity contribution in [3.05, 3.63) is 24.0 Å². The first-order valence-corrected chi connectivity index (χ1v) is 4.56. The van der Waals surface area contributed by atoms with E-state index in [4.69, 9.17) is 0 Å². The summed E-state index contributed by atoms with van der Waals surface area (Å²) in [6.45, 7) is 2.45. The predicted octanol–water partition coefficient (Wildman–Crippen LogP) is 0.676. The van der Waals surface area contributed by atoms with Gasteiger partial charge >= 0.3 is 5.97 Å². The number of nitrogens with one attached hydrogen (secondary N) is 1. The summed E-state index contributed by atoms with van der Waals surface area (Å²) in [6.07, 6.45) is 1.97. The van der Waals surface area contributed by atoms with Gasteiger partial charge in [-0.05, 0) is 19.1 Å². The van der Waals surface area contributed by atoms with Crippen molar-refractivity contribution in [3.8, 4) is 0 Å². The standard InChI is InChI=1S/C10H16N2O2/c1-8(10(13)14-3)11-7-9-5-4-6-12(9)2/h4-6,8,11H,7H2,1-3H3/t8-/m0/s1. The highest BCUT2D eigenvalue weighted by Crippen LogP contribution is 1.99. The van der Waals surface area contributed by atoms with Gasteiger partial charge in [-0.3, -0.25) is 10.1 Å². The molecule has 0 fully saturated rings. The Morgan fingerprint density at radius 3 is 2.93 bits per heavy atom. The number of ether oxygens (including phenoxy) is 1. The number of hydrogen-bond acceptors (Lipinski definition) is 3. The van der Waals surface area contributed by atoms with Crippen molar-refractivity contribution in [2.45, 2.75) is 19.5 Å². The Hall–Kier alpha value is -1.29. The van der Waals surface area contributed by atoms with Crippen molar-refractivity contribution in [1.29, 1.82) is 0 Å². The number of aryl methyl sites for hydroxylation is 1. The second kappa shape index (κ2) is 4.81. The molecular formula is C10H16N2O2. The van der Waals surface area contributed by atoms with Gasteiger partial charge in [0.15, 0.2) is 0 Å². The molecule has 1 N–H and O–H groups in total. The predicted molar refractivity (Wildman–Crippen MR) is 53.7 cm³/mol. The first-order valence-electron chi connectivity index (χ1n) is 4.56. The molecule has 78 valence electrons. The molecule has 1 aromatic rings. The summed E-state index contributed by atoms with van der Waals surface area (Å²) in [5.74, 6) is -0.237. The lowest BCUT2D eigenvalue weighted by atomic mass is 10.3. The minimum atomic E-state index is -0.269. The third-order valence-corrected chi connectivity index (χ3v) is 2.20. The number of methoxy groups -OCH3 is 1. The summed E-state index contributed by atoms with van der Waals surface area (Å²) >= 11 is 0. The van der Waals surface area contributed by atoms with Gasteiger partial charge in [0.05, 0.1) is 7.11 Å². The molecule has 0 spiro atoms.